The van der Waals surface area contributed by atoms with E-state index in [1.54, 1.807) is 6.07 Å². The lowest BCUT2D eigenvalue weighted by molar-refractivity contribution is 0.0894. The van der Waals surface area contributed by atoms with Gasteiger partial charge in [-0.1, -0.05) is 13.8 Å². The zero-order valence-corrected chi connectivity index (χ0v) is 16.6. The highest BCUT2D eigenvalue weighted by Crippen LogP contribution is 2.35. The van der Waals surface area contributed by atoms with Crippen LogP contribution in [0.1, 0.15) is 64.0 Å². The van der Waals surface area contributed by atoms with E-state index < -0.39 is 0 Å². The SMILES string of the molecule is CC(C)[C@H]1CC[C@@H](N2CCC(n3cc(C=N)c4cc(F)ccc43)CC2)CC1. The van der Waals surface area contributed by atoms with Crippen molar-refractivity contribution < 1.29 is 4.39 Å². The Kier molecular flexibility index (Phi) is 5.36. The van der Waals surface area contributed by atoms with Crippen LogP contribution in [0.2, 0.25) is 0 Å². The lowest BCUT2D eigenvalue weighted by Crippen LogP contribution is -2.43. The molecular formula is C23H32FN3. The van der Waals surface area contributed by atoms with Crippen molar-refractivity contribution in [2.24, 2.45) is 11.8 Å². The predicted octanol–water partition coefficient (Wildman–Crippen LogP) is 5.63. The Balaban J connectivity index is 1.43. The smallest absolute Gasteiger partial charge is 0.123 e. The van der Waals surface area contributed by atoms with E-state index in [1.165, 1.54) is 38.0 Å². The highest BCUT2D eigenvalue weighted by molar-refractivity contribution is 5.98. The Labute approximate surface area is 162 Å². The number of nitrogens with one attached hydrogen (secondary N) is 1. The number of piperidine rings is 1. The van der Waals surface area contributed by atoms with Crippen LogP contribution in [0.15, 0.2) is 24.4 Å². The summed E-state index contributed by atoms with van der Waals surface area (Å²) < 4.78 is 15.9. The average molecular weight is 370 g/mol. The lowest BCUT2D eigenvalue weighted by Gasteiger charge is -2.42. The molecule has 4 heteroatoms. The van der Waals surface area contributed by atoms with Crippen molar-refractivity contribution in [1.29, 1.82) is 5.41 Å². The van der Waals surface area contributed by atoms with E-state index in [0.29, 0.717) is 6.04 Å². The number of aromatic nitrogens is 1. The first kappa shape index (κ1) is 18.7. The maximum Gasteiger partial charge on any atom is 0.123 e. The van der Waals surface area contributed by atoms with Gasteiger partial charge in [0.1, 0.15) is 5.82 Å². The van der Waals surface area contributed by atoms with Gasteiger partial charge in [0.2, 0.25) is 0 Å². The number of likely N-dealkylation sites (tertiary alicyclic amines) is 1. The number of benzene rings is 1. The number of fused-ring (bicyclic) bond motifs is 1. The van der Waals surface area contributed by atoms with E-state index in [1.807, 2.05) is 12.3 Å². The summed E-state index contributed by atoms with van der Waals surface area (Å²) in [6, 6.07) is 6.20. The fourth-order valence-electron chi connectivity index (χ4n) is 5.33. The molecule has 27 heavy (non-hydrogen) atoms. The predicted molar refractivity (Wildman–Crippen MR) is 110 cm³/mol. The normalized spacial score (nSPS) is 25.3. The molecule has 1 saturated heterocycles. The van der Waals surface area contributed by atoms with Crippen LogP contribution in [0.4, 0.5) is 4.39 Å². The standard InChI is InChI=1S/C23H32FN3/c1-16(2)17-3-6-20(7-4-17)26-11-9-21(10-12-26)27-15-18(14-25)22-13-19(24)5-8-23(22)27/h5,8,13-17,20-21,25H,3-4,6-7,9-12H2,1-2H3/t17-,20+. The van der Waals surface area contributed by atoms with Gasteiger partial charge in [-0.2, -0.15) is 0 Å². The Morgan fingerprint density at radius 2 is 1.74 bits per heavy atom. The zero-order chi connectivity index (χ0) is 19.0. The van der Waals surface area contributed by atoms with Crippen molar-refractivity contribution in [1.82, 2.24) is 9.47 Å². The molecule has 2 aliphatic rings. The molecule has 0 amide bonds. The molecule has 1 saturated carbocycles. The van der Waals surface area contributed by atoms with Gasteiger partial charge in [-0.15, -0.1) is 0 Å². The summed E-state index contributed by atoms with van der Waals surface area (Å²) in [4.78, 5) is 2.72. The van der Waals surface area contributed by atoms with Crippen LogP contribution in [0.25, 0.3) is 10.9 Å². The molecule has 1 aromatic carbocycles. The second-order valence-electron chi connectivity index (χ2n) is 8.88. The van der Waals surface area contributed by atoms with Gasteiger partial charge < -0.3 is 14.9 Å². The summed E-state index contributed by atoms with van der Waals surface area (Å²) >= 11 is 0. The molecule has 2 aromatic rings. The van der Waals surface area contributed by atoms with E-state index in [0.717, 1.165) is 60.3 Å². The van der Waals surface area contributed by atoms with Crippen molar-refractivity contribution in [2.45, 2.75) is 64.5 Å². The number of hydrogen-bond acceptors (Lipinski definition) is 2. The Bertz CT molecular complexity index is 793. The molecule has 1 N–H and O–H groups in total. The van der Waals surface area contributed by atoms with Gasteiger partial charge in [0, 0.05) is 54.1 Å². The molecule has 3 nitrogen and oxygen atoms in total. The maximum atomic E-state index is 13.6. The summed E-state index contributed by atoms with van der Waals surface area (Å²) in [5.41, 5.74) is 1.88. The fourth-order valence-corrected chi connectivity index (χ4v) is 5.33. The van der Waals surface area contributed by atoms with Crippen molar-refractivity contribution in [3.8, 4) is 0 Å². The third-order valence-electron chi connectivity index (χ3n) is 7.07. The molecule has 0 atom stereocenters. The molecule has 0 bridgehead atoms. The lowest BCUT2D eigenvalue weighted by atomic mass is 9.79. The fraction of sp³-hybridized carbons (Fsp3) is 0.609. The van der Waals surface area contributed by atoms with Gasteiger partial charge in [-0.25, -0.2) is 4.39 Å². The van der Waals surface area contributed by atoms with Crippen LogP contribution < -0.4 is 0 Å². The summed E-state index contributed by atoms with van der Waals surface area (Å²) in [5.74, 6) is 1.52. The monoisotopic (exact) mass is 369 g/mol. The Morgan fingerprint density at radius 1 is 1.04 bits per heavy atom. The van der Waals surface area contributed by atoms with E-state index in [-0.39, 0.29) is 5.82 Å². The molecule has 1 aliphatic heterocycles. The minimum atomic E-state index is -0.227. The zero-order valence-electron chi connectivity index (χ0n) is 16.6. The van der Waals surface area contributed by atoms with Gasteiger partial charge >= 0.3 is 0 Å². The van der Waals surface area contributed by atoms with Crippen LogP contribution >= 0.6 is 0 Å². The van der Waals surface area contributed by atoms with Crippen LogP contribution in [-0.2, 0) is 0 Å². The van der Waals surface area contributed by atoms with Crippen LogP contribution in [-0.4, -0.2) is 34.8 Å². The topological polar surface area (TPSA) is 32.0 Å². The largest absolute Gasteiger partial charge is 0.344 e. The first-order chi connectivity index (χ1) is 13.1. The molecule has 2 fully saturated rings. The van der Waals surface area contributed by atoms with E-state index in [9.17, 15) is 4.39 Å². The first-order valence-corrected chi connectivity index (χ1v) is 10.6. The van der Waals surface area contributed by atoms with Gasteiger partial charge in [-0.3, -0.25) is 0 Å². The average Bonchev–Trinajstić information content (AvgIpc) is 3.06. The van der Waals surface area contributed by atoms with Crippen molar-refractivity contribution >= 4 is 17.1 Å². The van der Waals surface area contributed by atoms with Gasteiger partial charge in [0.15, 0.2) is 0 Å². The summed E-state index contributed by atoms with van der Waals surface area (Å²) in [7, 11) is 0. The molecule has 4 rings (SSSR count). The number of hydrogen-bond donors (Lipinski definition) is 1. The maximum absolute atomic E-state index is 13.6. The summed E-state index contributed by atoms with van der Waals surface area (Å²) in [6.07, 6.45) is 11.2. The Morgan fingerprint density at radius 3 is 2.37 bits per heavy atom. The van der Waals surface area contributed by atoms with Crippen LogP contribution in [0.5, 0.6) is 0 Å². The second-order valence-corrected chi connectivity index (χ2v) is 8.88. The number of halogens is 1. The van der Waals surface area contributed by atoms with Crippen molar-refractivity contribution in [3.05, 3.63) is 35.8 Å². The molecule has 1 aromatic heterocycles. The van der Waals surface area contributed by atoms with Gasteiger partial charge in [-0.05, 0) is 68.6 Å². The third-order valence-corrected chi connectivity index (χ3v) is 7.07. The minimum absolute atomic E-state index is 0.227. The van der Waals surface area contributed by atoms with Crippen LogP contribution in [0.3, 0.4) is 0 Å². The van der Waals surface area contributed by atoms with E-state index in [4.69, 9.17) is 5.41 Å². The van der Waals surface area contributed by atoms with E-state index >= 15 is 0 Å². The molecule has 0 unspecified atom stereocenters. The highest BCUT2D eigenvalue weighted by atomic mass is 19.1. The summed E-state index contributed by atoms with van der Waals surface area (Å²) in [6.45, 7) is 7.05. The van der Waals surface area contributed by atoms with Crippen LogP contribution in [0, 0.1) is 23.1 Å². The van der Waals surface area contributed by atoms with Gasteiger partial charge in [0.25, 0.3) is 0 Å². The van der Waals surface area contributed by atoms with Crippen molar-refractivity contribution in [3.63, 3.8) is 0 Å². The van der Waals surface area contributed by atoms with Crippen molar-refractivity contribution in [2.75, 3.05) is 13.1 Å². The molecule has 0 radical (unpaired) electrons. The quantitative estimate of drug-likeness (QED) is 0.696. The molecule has 2 heterocycles. The molecular weight excluding hydrogens is 337 g/mol. The summed E-state index contributed by atoms with van der Waals surface area (Å²) in [5, 5.41) is 8.53. The highest BCUT2D eigenvalue weighted by Gasteiger charge is 2.30. The minimum Gasteiger partial charge on any atom is -0.344 e. The molecule has 0 spiro atoms. The molecule has 1 aliphatic carbocycles. The number of rotatable bonds is 4. The Hall–Kier alpha value is -1.68. The second kappa shape index (κ2) is 7.75. The third kappa shape index (κ3) is 3.69. The van der Waals surface area contributed by atoms with E-state index in [2.05, 4.69) is 23.3 Å². The number of nitrogens with zero attached hydrogens (tertiary/aromatic N) is 2. The molecule has 146 valence electrons. The van der Waals surface area contributed by atoms with Gasteiger partial charge in [0.05, 0.1) is 0 Å². The first-order valence-electron chi connectivity index (χ1n) is 10.6.